The summed E-state index contributed by atoms with van der Waals surface area (Å²) in [6, 6.07) is 0. The van der Waals surface area contributed by atoms with E-state index < -0.39 is 29.6 Å². The molecule has 0 bridgehead atoms. The molecule has 26 heavy (non-hydrogen) atoms. The molecule has 0 saturated carbocycles. The van der Waals surface area contributed by atoms with Gasteiger partial charge in [-0.1, -0.05) is 20.8 Å². The standard InChI is InChI=1S/C17H29N5O4/c1-8-9(12(23)22-17(5,6)7-16(2,3)4)11(13(24)21-15(18)19)20-10(8)14(25)26/h15,20H,7,18-19H2,1-6H3,(H,21,24)(H,22,23)(H,25,26). The van der Waals surface area contributed by atoms with Crippen molar-refractivity contribution >= 4 is 17.8 Å². The summed E-state index contributed by atoms with van der Waals surface area (Å²) in [6.45, 7) is 11.3. The first-order chi connectivity index (χ1) is 11.6. The van der Waals surface area contributed by atoms with Crippen LogP contribution in [-0.4, -0.2) is 39.7 Å². The van der Waals surface area contributed by atoms with Crippen LogP contribution in [0.5, 0.6) is 0 Å². The molecule has 146 valence electrons. The highest BCUT2D eigenvalue weighted by Crippen LogP contribution is 2.28. The number of aromatic carboxylic acids is 1. The number of aromatic nitrogens is 1. The minimum Gasteiger partial charge on any atom is -0.477 e. The van der Waals surface area contributed by atoms with Crippen molar-refractivity contribution in [1.82, 2.24) is 15.6 Å². The quantitative estimate of drug-likeness (QED) is 0.409. The summed E-state index contributed by atoms with van der Waals surface area (Å²) in [4.78, 5) is 39.0. The van der Waals surface area contributed by atoms with Crippen LogP contribution >= 0.6 is 0 Å². The number of rotatable bonds is 6. The SMILES string of the molecule is Cc1c(C(=O)O)[nH]c(C(=O)NC(N)N)c1C(=O)NC(C)(C)CC(C)(C)C. The highest BCUT2D eigenvalue weighted by Gasteiger charge is 2.32. The van der Waals surface area contributed by atoms with Gasteiger partial charge in [0.25, 0.3) is 11.8 Å². The van der Waals surface area contributed by atoms with E-state index in [0.29, 0.717) is 6.42 Å². The number of hydrogen-bond donors (Lipinski definition) is 6. The maximum atomic E-state index is 12.8. The predicted octanol–water partition coefficient (Wildman–Crippen LogP) is 0.897. The molecule has 0 atom stereocenters. The molecule has 0 spiro atoms. The Labute approximate surface area is 152 Å². The van der Waals surface area contributed by atoms with Crippen molar-refractivity contribution in [3.05, 3.63) is 22.5 Å². The van der Waals surface area contributed by atoms with Gasteiger partial charge < -0.3 is 20.7 Å². The first-order valence-electron chi connectivity index (χ1n) is 8.25. The van der Waals surface area contributed by atoms with Crippen molar-refractivity contribution in [3.8, 4) is 0 Å². The van der Waals surface area contributed by atoms with E-state index in [1.807, 2.05) is 34.6 Å². The Kier molecular flexibility index (Phi) is 6.22. The average molecular weight is 367 g/mol. The zero-order valence-corrected chi connectivity index (χ0v) is 16.1. The molecule has 0 aromatic carbocycles. The molecule has 0 aliphatic carbocycles. The Bertz CT molecular complexity index is 713. The van der Waals surface area contributed by atoms with Gasteiger partial charge in [0, 0.05) is 5.54 Å². The van der Waals surface area contributed by atoms with E-state index in [1.54, 1.807) is 0 Å². The van der Waals surface area contributed by atoms with E-state index in [2.05, 4.69) is 15.6 Å². The van der Waals surface area contributed by atoms with E-state index in [4.69, 9.17) is 11.5 Å². The fourth-order valence-electron chi connectivity index (χ4n) is 3.23. The fraction of sp³-hybridized carbons (Fsp3) is 0.588. The molecule has 0 unspecified atom stereocenters. The molecule has 0 aliphatic heterocycles. The summed E-state index contributed by atoms with van der Waals surface area (Å²) in [7, 11) is 0. The second kappa shape index (κ2) is 7.46. The molecular formula is C17H29N5O4. The lowest BCUT2D eigenvalue weighted by Crippen LogP contribution is -2.49. The number of carbonyl (C=O) groups is 3. The van der Waals surface area contributed by atoms with Crippen molar-refractivity contribution in [3.63, 3.8) is 0 Å². The van der Waals surface area contributed by atoms with Crippen molar-refractivity contribution in [2.75, 3.05) is 0 Å². The molecule has 9 nitrogen and oxygen atoms in total. The Balaban J connectivity index is 3.30. The number of aromatic amines is 1. The monoisotopic (exact) mass is 367 g/mol. The maximum Gasteiger partial charge on any atom is 0.352 e. The van der Waals surface area contributed by atoms with Gasteiger partial charge >= 0.3 is 5.97 Å². The molecule has 1 aromatic rings. The van der Waals surface area contributed by atoms with Crippen molar-refractivity contribution in [2.24, 2.45) is 16.9 Å². The van der Waals surface area contributed by atoms with Crippen LogP contribution in [0, 0.1) is 12.3 Å². The molecule has 0 saturated heterocycles. The number of amides is 2. The van der Waals surface area contributed by atoms with Crippen LogP contribution in [0.4, 0.5) is 0 Å². The largest absolute Gasteiger partial charge is 0.477 e. The second-order valence-electron chi connectivity index (χ2n) is 8.25. The maximum absolute atomic E-state index is 12.8. The summed E-state index contributed by atoms with van der Waals surface area (Å²) in [5.41, 5.74) is 9.79. The van der Waals surface area contributed by atoms with Crippen molar-refractivity contribution in [2.45, 2.75) is 59.8 Å². The Morgan fingerprint density at radius 3 is 2.04 bits per heavy atom. The number of hydrogen-bond acceptors (Lipinski definition) is 5. The van der Waals surface area contributed by atoms with Gasteiger partial charge in [0.15, 0.2) is 0 Å². The number of nitrogens with one attached hydrogen (secondary N) is 3. The van der Waals surface area contributed by atoms with Gasteiger partial charge in [-0.15, -0.1) is 0 Å². The minimum atomic E-state index is -1.28. The number of carboxylic acids is 1. The van der Waals surface area contributed by atoms with Crippen LogP contribution in [0.2, 0.25) is 0 Å². The highest BCUT2D eigenvalue weighted by molar-refractivity contribution is 6.09. The van der Waals surface area contributed by atoms with Crippen LogP contribution in [0.25, 0.3) is 0 Å². The van der Waals surface area contributed by atoms with Crippen LogP contribution < -0.4 is 22.1 Å². The van der Waals surface area contributed by atoms with Gasteiger partial charge in [-0.2, -0.15) is 0 Å². The molecule has 9 heteroatoms. The van der Waals surface area contributed by atoms with Crippen molar-refractivity contribution < 1.29 is 19.5 Å². The smallest absolute Gasteiger partial charge is 0.352 e. The first-order valence-corrected chi connectivity index (χ1v) is 8.25. The molecule has 0 radical (unpaired) electrons. The zero-order valence-electron chi connectivity index (χ0n) is 16.1. The summed E-state index contributed by atoms with van der Waals surface area (Å²) in [5.74, 6) is -2.58. The van der Waals surface area contributed by atoms with E-state index in [1.165, 1.54) is 6.92 Å². The van der Waals surface area contributed by atoms with Gasteiger partial charge in [-0.25, -0.2) is 4.79 Å². The van der Waals surface area contributed by atoms with Crippen LogP contribution in [0.1, 0.15) is 77.9 Å². The molecule has 1 aromatic heterocycles. The third-order valence-corrected chi connectivity index (χ3v) is 3.64. The lowest BCUT2D eigenvalue weighted by atomic mass is 9.81. The van der Waals surface area contributed by atoms with Crippen LogP contribution in [0.3, 0.4) is 0 Å². The molecule has 2 amide bonds. The average Bonchev–Trinajstić information content (AvgIpc) is 2.72. The third-order valence-electron chi connectivity index (χ3n) is 3.64. The zero-order chi connectivity index (χ0) is 20.4. The Morgan fingerprint density at radius 2 is 1.62 bits per heavy atom. The molecule has 0 aliphatic rings. The lowest BCUT2D eigenvalue weighted by Gasteiger charge is -2.33. The molecule has 0 fully saturated rings. The van der Waals surface area contributed by atoms with Gasteiger partial charge in [0.2, 0.25) is 0 Å². The Hall–Kier alpha value is -2.39. The van der Waals surface area contributed by atoms with Crippen LogP contribution in [0.15, 0.2) is 0 Å². The fourth-order valence-corrected chi connectivity index (χ4v) is 3.23. The molecule has 1 rings (SSSR count). The number of nitrogens with two attached hydrogens (primary N) is 2. The normalized spacial score (nSPS) is 12.2. The highest BCUT2D eigenvalue weighted by atomic mass is 16.4. The summed E-state index contributed by atoms with van der Waals surface area (Å²) < 4.78 is 0. The van der Waals surface area contributed by atoms with E-state index in [0.717, 1.165) is 0 Å². The van der Waals surface area contributed by atoms with Gasteiger partial charge in [-0.3, -0.25) is 21.1 Å². The first kappa shape index (κ1) is 21.7. The van der Waals surface area contributed by atoms with Gasteiger partial charge in [0.1, 0.15) is 17.7 Å². The van der Waals surface area contributed by atoms with E-state index in [9.17, 15) is 19.5 Å². The number of carbonyl (C=O) groups excluding carboxylic acids is 2. The van der Waals surface area contributed by atoms with Gasteiger partial charge in [-0.05, 0) is 38.2 Å². The summed E-state index contributed by atoms with van der Waals surface area (Å²) in [5, 5.41) is 14.4. The van der Waals surface area contributed by atoms with Crippen molar-refractivity contribution in [1.29, 1.82) is 0 Å². The molecular weight excluding hydrogens is 338 g/mol. The van der Waals surface area contributed by atoms with Crippen LogP contribution in [-0.2, 0) is 0 Å². The van der Waals surface area contributed by atoms with E-state index in [-0.39, 0.29) is 27.9 Å². The summed E-state index contributed by atoms with van der Waals surface area (Å²) >= 11 is 0. The molecule has 8 N–H and O–H groups in total. The topological polar surface area (TPSA) is 163 Å². The minimum absolute atomic E-state index is 0.0390. The van der Waals surface area contributed by atoms with Gasteiger partial charge in [0.05, 0.1) is 5.56 Å². The Morgan fingerprint density at radius 1 is 1.08 bits per heavy atom. The third kappa shape index (κ3) is 5.57. The summed E-state index contributed by atoms with van der Waals surface area (Å²) in [6.07, 6.45) is -0.469. The predicted molar refractivity (Wildman–Crippen MR) is 97.7 cm³/mol. The number of carboxylic acid groups (broad SMARTS) is 1. The second-order valence-corrected chi connectivity index (χ2v) is 8.25. The molecule has 1 heterocycles. The lowest BCUT2D eigenvalue weighted by molar-refractivity contribution is 0.0690. The number of H-pyrrole nitrogens is 1. The van der Waals surface area contributed by atoms with E-state index >= 15 is 0 Å².